The standard InChI is InChI=1S/C20H18N8O2/c21-18-23-16(24-19(26-18)22-13-7-3-1-4-8-13)17-25-20(30-27-17)28-11-15(12-28)29-14-9-5-2-6-10-14/h1-10,15H,11-12H2,(H3,21,22,23,24,26). The van der Waals surface area contributed by atoms with E-state index in [1.54, 1.807) is 0 Å². The van der Waals surface area contributed by atoms with E-state index in [1.165, 1.54) is 0 Å². The van der Waals surface area contributed by atoms with Gasteiger partial charge in [0.25, 0.3) is 0 Å². The zero-order valence-corrected chi connectivity index (χ0v) is 15.8. The van der Waals surface area contributed by atoms with Crippen molar-refractivity contribution in [2.24, 2.45) is 0 Å². The summed E-state index contributed by atoms with van der Waals surface area (Å²) in [6.45, 7) is 1.30. The molecule has 0 atom stereocenters. The summed E-state index contributed by atoms with van der Waals surface area (Å²) >= 11 is 0. The molecule has 1 saturated heterocycles. The molecule has 3 N–H and O–H groups in total. The Bertz CT molecular complexity index is 1130. The Balaban J connectivity index is 1.27. The Morgan fingerprint density at radius 1 is 0.900 bits per heavy atom. The van der Waals surface area contributed by atoms with Gasteiger partial charge in [-0.1, -0.05) is 41.6 Å². The van der Waals surface area contributed by atoms with Gasteiger partial charge in [0.1, 0.15) is 11.9 Å². The van der Waals surface area contributed by atoms with Crippen LogP contribution < -0.4 is 20.7 Å². The summed E-state index contributed by atoms with van der Waals surface area (Å²) in [6.07, 6.45) is 0.0669. The number of hydrogen-bond donors (Lipinski definition) is 2. The van der Waals surface area contributed by atoms with Crippen LogP contribution in [0.4, 0.5) is 23.6 Å². The molecule has 0 amide bonds. The SMILES string of the molecule is Nc1nc(Nc2ccccc2)nc(-c2noc(N3CC(Oc4ccccc4)C3)n2)n1. The molecule has 0 bridgehead atoms. The minimum absolute atomic E-state index is 0.0602. The third-order valence-corrected chi connectivity index (χ3v) is 4.46. The maximum atomic E-state index is 5.89. The fourth-order valence-corrected chi connectivity index (χ4v) is 2.99. The molecule has 0 aliphatic carbocycles. The van der Waals surface area contributed by atoms with Crippen molar-refractivity contribution in [1.82, 2.24) is 25.1 Å². The van der Waals surface area contributed by atoms with Crippen molar-refractivity contribution in [2.45, 2.75) is 6.10 Å². The van der Waals surface area contributed by atoms with E-state index < -0.39 is 0 Å². The molecule has 1 fully saturated rings. The summed E-state index contributed by atoms with van der Waals surface area (Å²) in [5, 5.41) is 7.06. The first kappa shape index (κ1) is 17.9. The van der Waals surface area contributed by atoms with Gasteiger partial charge >= 0.3 is 6.01 Å². The Labute approximate surface area is 171 Å². The average molecular weight is 402 g/mol. The van der Waals surface area contributed by atoms with Crippen molar-refractivity contribution < 1.29 is 9.26 Å². The van der Waals surface area contributed by atoms with E-state index in [4.69, 9.17) is 15.0 Å². The predicted octanol–water partition coefficient (Wildman–Crippen LogP) is 2.52. The Morgan fingerprint density at radius 2 is 1.63 bits per heavy atom. The smallest absolute Gasteiger partial charge is 0.324 e. The summed E-state index contributed by atoms with van der Waals surface area (Å²) in [5.74, 6) is 1.67. The number of para-hydroxylation sites is 2. The number of nitrogens with zero attached hydrogens (tertiary/aromatic N) is 6. The number of anilines is 4. The summed E-state index contributed by atoms with van der Waals surface area (Å²) in [4.78, 5) is 18.9. The molecular formula is C20H18N8O2. The van der Waals surface area contributed by atoms with Crippen molar-refractivity contribution in [3.8, 4) is 17.4 Å². The Morgan fingerprint density at radius 3 is 2.40 bits per heavy atom. The lowest BCUT2D eigenvalue weighted by Gasteiger charge is -2.37. The van der Waals surface area contributed by atoms with E-state index in [9.17, 15) is 0 Å². The second kappa shape index (κ2) is 7.66. The fraction of sp³-hybridized carbons (Fsp3) is 0.150. The van der Waals surface area contributed by atoms with Crippen molar-refractivity contribution >= 4 is 23.6 Å². The van der Waals surface area contributed by atoms with Gasteiger partial charge in [-0.25, -0.2) is 0 Å². The lowest BCUT2D eigenvalue weighted by Crippen LogP contribution is -2.54. The minimum atomic E-state index is 0.0602. The molecule has 10 heteroatoms. The third kappa shape index (κ3) is 3.83. The second-order valence-electron chi connectivity index (χ2n) is 6.69. The Hall–Kier alpha value is -4.21. The van der Waals surface area contributed by atoms with Gasteiger partial charge in [0.2, 0.25) is 23.5 Å². The zero-order valence-electron chi connectivity index (χ0n) is 15.8. The molecule has 0 saturated carbocycles. The number of nitrogens with two attached hydrogens (primary N) is 1. The van der Waals surface area contributed by atoms with Crippen LogP contribution in [-0.2, 0) is 0 Å². The van der Waals surface area contributed by atoms with Gasteiger partial charge in [-0.05, 0) is 24.3 Å². The van der Waals surface area contributed by atoms with E-state index in [0.29, 0.717) is 25.1 Å². The van der Waals surface area contributed by atoms with E-state index in [0.717, 1.165) is 11.4 Å². The van der Waals surface area contributed by atoms with Crippen LogP contribution in [0.2, 0.25) is 0 Å². The molecular weight excluding hydrogens is 384 g/mol. The monoisotopic (exact) mass is 402 g/mol. The molecule has 150 valence electrons. The van der Waals surface area contributed by atoms with Gasteiger partial charge < -0.3 is 25.2 Å². The van der Waals surface area contributed by atoms with Crippen LogP contribution in [-0.4, -0.2) is 44.3 Å². The molecule has 10 nitrogen and oxygen atoms in total. The highest BCUT2D eigenvalue weighted by atomic mass is 16.5. The largest absolute Gasteiger partial charge is 0.487 e. The predicted molar refractivity (Wildman–Crippen MR) is 110 cm³/mol. The average Bonchev–Trinajstić information content (AvgIpc) is 3.21. The number of rotatable bonds is 6. The molecule has 0 spiro atoms. The van der Waals surface area contributed by atoms with E-state index >= 15 is 0 Å². The number of nitrogens with one attached hydrogen (secondary N) is 1. The quantitative estimate of drug-likeness (QED) is 0.496. The van der Waals surface area contributed by atoms with Crippen molar-refractivity contribution in [2.75, 3.05) is 29.0 Å². The maximum absolute atomic E-state index is 5.89. The first-order chi connectivity index (χ1) is 14.7. The van der Waals surface area contributed by atoms with Crippen LogP contribution in [0, 0.1) is 0 Å². The maximum Gasteiger partial charge on any atom is 0.324 e. The van der Waals surface area contributed by atoms with Crippen molar-refractivity contribution in [1.29, 1.82) is 0 Å². The molecule has 2 aromatic carbocycles. The molecule has 2 aromatic heterocycles. The number of nitrogen functional groups attached to an aromatic ring is 1. The van der Waals surface area contributed by atoms with Crippen LogP contribution in [0.15, 0.2) is 65.2 Å². The molecule has 1 aliphatic heterocycles. The van der Waals surface area contributed by atoms with Gasteiger partial charge in [-0.15, -0.1) is 0 Å². The van der Waals surface area contributed by atoms with E-state index in [2.05, 4.69) is 30.4 Å². The second-order valence-corrected chi connectivity index (χ2v) is 6.69. The molecule has 5 rings (SSSR count). The number of benzene rings is 2. The van der Waals surface area contributed by atoms with Gasteiger partial charge in [0.15, 0.2) is 0 Å². The lowest BCUT2D eigenvalue weighted by molar-refractivity contribution is 0.160. The lowest BCUT2D eigenvalue weighted by atomic mass is 10.2. The molecule has 0 unspecified atom stereocenters. The van der Waals surface area contributed by atoms with Crippen molar-refractivity contribution in [3.05, 3.63) is 60.7 Å². The molecule has 0 radical (unpaired) electrons. The normalized spacial score (nSPS) is 13.7. The minimum Gasteiger partial charge on any atom is -0.487 e. The summed E-state index contributed by atoms with van der Waals surface area (Å²) in [5.41, 5.74) is 6.66. The molecule has 3 heterocycles. The van der Waals surface area contributed by atoms with Gasteiger partial charge in [-0.3, -0.25) is 0 Å². The topological polar surface area (TPSA) is 128 Å². The summed E-state index contributed by atoms with van der Waals surface area (Å²) < 4.78 is 11.3. The molecule has 4 aromatic rings. The first-order valence-electron chi connectivity index (χ1n) is 9.37. The van der Waals surface area contributed by atoms with Crippen LogP contribution >= 0.6 is 0 Å². The van der Waals surface area contributed by atoms with Crippen LogP contribution in [0.1, 0.15) is 0 Å². The van der Waals surface area contributed by atoms with E-state index in [1.807, 2.05) is 65.6 Å². The zero-order chi connectivity index (χ0) is 20.3. The van der Waals surface area contributed by atoms with Gasteiger partial charge in [0.05, 0.1) is 13.1 Å². The van der Waals surface area contributed by atoms with Crippen LogP contribution in [0.3, 0.4) is 0 Å². The first-order valence-corrected chi connectivity index (χ1v) is 9.37. The Kier molecular flexibility index (Phi) is 4.56. The number of ether oxygens (including phenoxy) is 1. The van der Waals surface area contributed by atoms with Crippen molar-refractivity contribution in [3.63, 3.8) is 0 Å². The number of hydrogen-bond acceptors (Lipinski definition) is 10. The van der Waals surface area contributed by atoms with Gasteiger partial charge in [0, 0.05) is 5.69 Å². The molecule has 1 aliphatic rings. The molecule has 30 heavy (non-hydrogen) atoms. The van der Waals surface area contributed by atoms with Crippen LogP contribution in [0.5, 0.6) is 5.75 Å². The summed E-state index contributed by atoms with van der Waals surface area (Å²) in [7, 11) is 0. The highest BCUT2D eigenvalue weighted by Gasteiger charge is 2.32. The highest BCUT2D eigenvalue weighted by molar-refractivity contribution is 5.57. The highest BCUT2D eigenvalue weighted by Crippen LogP contribution is 2.25. The summed E-state index contributed by atoms with van der Waals surface area (Å²) in [6, 6.07) is 19.6. The van der Waals surface area contributed by atoms with Crippen LogP contribution in [0.25, 0.3) is 11.6 Å². The third-order valence-electron chi connectivity index (χ3n) is 4.46. The fourth-order valence-electron chi connectivity index (χ4n) is 2.99. The van der Waals surface area contributed by atoms with Gasteiger partial charge in [-0.2, -0.15) is 19.9 Å². The van der Waals surface area contributed by atoms with E-state index in [-0.39, 0.29) is 23.7 Å². The number of aromatic nitrogens is 5.